The largest absolute Gasteiger partial charge is 0.479 e. The molecule has 3 N–H and O–H groups in total. The van der Waals surface area contributed by atoms with Crippen LogP contribution in [0.5, 0.6) is 0 Å². The summed E-state index contributed by atoms with van der Waals surface area (Å²) in [5.74, 6) is -1.34. The summed E-state index contributed by atoms with van der Waals surface area (Å²) in [7, 11) is 0. The molecule has 1 aliphatic heterocycles. The molecular weight excluding hydrogens is 224 g/mol. The summed E-state index contributed by atoms with van der Waals surface area (Å²) in [5.41, 5.74) is -1.92. The highest BCUT2D eigenvalue weighted by Gasteiger charge is 2.31. The third kappa shape index (κ3) is 3.59. The van der Waals surface area contributed by atoms with E-state index < -0.39 is 11.6 Å². The number of amides is 2. The van der Waals surface area contributed by atoms with Gasteiger partial charge in [-0.2, -0.15) is 0 Å². The number of nitrogens with zero attached hydrogens (tertiary/aromatic N) is 1. The molecule has 17 heavy (non-hydrogen) atoms. The number of aliphatic hydroxyl groups is 1. The minimum absolute atomic E-state index is 0.165. The summed E-state index contributed by atoms with van der Waals surface area (Å²) in [6.45, 7) is 3.52. The lowest BCUT2D eigenvalue weighted by Crippen LogP contribution is -2.53. The molecule has 1 saturated heterocycles. The van der Waals surface area contributed by atoms with E-state index in [1.807, 2.05) is 6.92 Å². The Morgan fingerprint density at radius 1 is 1.47 bits per heavy atom. The minimum atomic E-state index is -1.92. The number of carboxylic acids is 1. The first-order chi connectivity index (χ1) is 7.84. The highest BCUT2D eigenvalue weighted by Crippen LogP contribution is 2.16. The van der Waals surface area contributed by atoms with E-state index in [0.717, 1.165) is 26.2 Å². The van der Waals surface area contributed by atoms with Gasteiger partial charge in [0.25, 0.3) is 0 Å². The molecule has 0 radical (unpaired) electrons. The molecule has 2 unspecified atom stereocenters. The van der Waals surface area contributed by atoms with Crippen LogP contribution >= 0.6 is 0 Å². The Kier molecular flexibility index (Phi) is 4.34. The Bertz CT molecular complexity index is 304. The van der Waals surface area contributed by atoms with Crippen molar-refractivity contribution in [3.05, 3.63) is 0 Å². The highest BCUT2D eigenvalue weighted by molar-refractivity contribution is 5.79. The van der Waals surface area contributed by atoms with Crippen molar-refractivity contribution in [2.75, 3.05) is 13.1 Å². The van der Waals surface area contributed by atoms with Crippen LogP contribution in [-0.4, -0.2) is 51.8 Å². The van der Waals surface area contributed by atoms with Gasteiger partial charge in [0.05, 0.1) is 6.54 Å². The summed E-state index contributed by atoms with van der Waals surface area (Å²) >= 11 is 0. The zero-order valence-corrected chi connectivity index (χ0v) is 10.3. The first kappa shape index (κ1) is 13.8. The standard InChI is InChI=1S/C11H20N2O4/c1-8-5-3-4-6-13(8)10(16)12-7-11(2,17)9(14)15/h8,17H,3-7H2,1-2H3,(H,12,16)(H,14,15). The van der Waals surface area contributed by atoms with Crippen LogP contribution in [0.2, 0.25) is 0 Å². The Morgan fingerprint density at radius 2 is 2.12 bits per heavy atom. The van der Waals surface area contributed by atoms with Gasteiger partial charge in [0.1, 0.15) is 0 Å². The lowest BCUT2D eigenvalue weighted by molar-refractivity contribution is -0.155. The number of urea groups is 1. The van der Waals surface area contributed by atoms with Gasteiger partial charge in [0, 0.05) is 12.6 Å². The lowest BCUT2D eigenvalue weighted by Gasteiger charge is -2.34. The van der Waals surface area contributed by atoms with E-state index in [9.17, 15) is 14.7 Å². The number of aliphatic carboxylic acids is 1. The molecule has 2 amide bonds. The van der Waals surface area contributed by atoms with Gasteiger partial charge < -0.3 is 20.4 Å². The Hall–Kier alpha value is -1.30. The van der Waals surface area contributed by atoms with Crippen LogP contribution in [0.1, 0.15) is 33.1 Å². The van der Waals surface area contributed by atoms with Crippen LogP contribution in [0.25, 0.3) is 0 Å². The van der Waals surface area contributed by atoms with Gasteiger partial charge in [0.2, 0.25) is 0 Å². The highest BCUT2D eigenvalue weighted by atomic mass is 16.4. The second kappa shape index (κ2) is 5.35. The molecule has 0 aliphatic carbocycles. The number of carboxylic acid groups (broad SMARTS) is 1. The van der Waals surface area contributed by atoms with Crippen LogP contribution in [-0.2, 0) is 4.79 Å². The molecule has 1 aliphatic rings. The number of rotatable bonds is 3. The molecule has 0 aromatic heterocycles. The normalized spacial score (nSPS) is 23.9. The number of nitrogens with one attached hydrogen (secondary N) is 1. The zero-order valence-electron chi connectivity index (χ0n) is 10.3. The number of carbonyl (C=O) groups excluding carboxylic acids is 1. The van der Waals surface area contributed by atoms with Crippen molar-refractivity contribution in [3.8, 4) is 0 Å². The van der Waals surface area contributed by atoms with Crippen LogP contribution < -0.4 is 5.32 Å². The quantitative estimate of drug-likeness (QED) is 0.670. The number of hydrogen-bond donors (Lipinski definition) is 3. The maximum Gasteiger partial charge on any atom is 0.337 e. The molecule has 1 heterocycles. The van der Waals surface area contributed by atoms with Crippen molar-refractivity contribution in [2.45, 2.75) is 44.8 Å². The monoisotopic (exact) mass is 244 g/mol. The average molecular weight is 244 g/mol. The van der Waals surface area contributed by atoms with Gasteiger partial charge in [-0.3, -0.25) is 0 Å². The number of likely N-dealkylation sites (tertiary alicyclic amines) is 1. The molecule has 0 spiro atoms. The number of piperidine rings is 1. The van der Waals surface area contributed by atoms with Crippen molar-refractivity contribution in [3.63, 3.8) is 0 Å². The zero-order chi connectivity index (χ0) is 13.1. The first-order valence-corrected chi connectivity index (χ1v) is 5.85. The SMILES string of the molecule is CC1CCCCN1C(=O)NCC(C)(O)C(=O)O. The maximum atomic E-state index is 11.8. The predicted molar refractivity (Wildman–Crippen MR) is 61.7 cm³/mol. The molecule has 98 valence electrons. The summed E-state index contributed by atoms with van der Waals surface area (Å²) in [6, 6.07) is -0.141. The fourth-order valence-corrected chi connectivity index (χ4v) is 1.82. The van der Waals surface area contributed by atoms with Gasteiger partial charge >= 0.3 is 12.0 Å². The fraction of sp³-hybridized carbons (Fsp3) is 0.818. The second-order valence-corrected chi connectivity index (χ2v) is 4.78. The van der Waals surface area contributed by atoms with Gasteiger partial charge in [-0.25, -0.2) is 9.59 Å². The Labute approximate surface area is 101 Å². The van der Waals surface area contributed by atoms with Crippen LogP contribution in [0.4, 0.5) is 4.79 Å². The van der Waals surface area contributed by atoms with Crippen LogP contribution in [0, 0.1) is 0 Å². The molecule has 6 heteroatoms. The van der Waals surface area contributed by atoms with E-state index in [1.54, 1.807) is 4.90 Å². The van der Waals surface area contributed by atoms with Gasteiger partial charge in [0.15, 0.2) is 5.60 Å². The van der Waals surface area contributed by atoms with E-state index in [-0.39, 0.29) is 18.6 Å². The smallest absolute Gasteiger partial charge is 0.337 e. The molecule has 1 rings (SSSR count). The molecule has 0 aromatic carbocycles. The molecule has 0 bridgehead atoms. The van der Waals surface area contributed by atoms with E-state index in [2.05, 4.69) is 5.32 Å². The van der Waals surface area contributed by atoms with E-state index >= 15 is 0 Å². The topological polar surface area (TPSA) is 89.9 Å². The minimum Gasteiger partial charge on any atom is -0.479 e. The van der Waals surface area contributed by atoms with Crippen LogP contribution in [0.15, 0.2) is 0 Å². The number of hydrogen-bond acceptors (Lipinski definition) is 3. The van der Waals surface area contributed by atoms with E-state index in [0.29, 0.717) is 6.54 Å². The summed E-state index contributed by atoms with van der Waals surface area (Å²) in [5, 5.41) is 20.6. The molecule has 0 saturated carbocycles. The fourth-order valence-electron chi connectivity index (χ4n) is 1.82. The van der Waals surface area contributed by atoms with Crippen molar-refractivity contribution in [1.82, 2.24) is 10.2 Å². The van der Waals surface area contributed by atoms with Crippen molar-refractivity contribution in [2.24, 2.45) is 0 Å². The summed E-state index contributed by atoms with van der Waals surface area (Å²) < 4.78 is 0. The number of carbonyl (C=O) groups is 2. The maximum absolute atomic E-state index is 11.8. The van der Waals surface area contributed by atoms with Gasteiger partial charge in [-0.15, -0.1) is 0 Å². The second-order valence-electron chi connectivity index (χ2n) is 4.78. The molecule has 1 fully saturated rings. The Balaban J connectivity index is 2.46. The summed E-state index contributed by atoms with van der Waals surface area (Å²) in [4.78, 5) is 24.1. The van der Waals surface area contributed by atoms with Gasteiger partial charge in [-0.05, 0) is 33.1 Å². The average Bonchev–Trinajstić information content (AvgIpc) is 2.26. The van der Waals surface area contributed by atoms with E-state index in [4.69, 9.17) is 5.11 Å². The molecule has 2 atom stereocenters. The van der Waals surface area contributed by atoms with Gasteiger partial charge in [-0.1, -0.05) is 0 Å². The predicted octanol–water partition coefficient (Wildman–Crippen LogP) is 0.406. The molecule has 0 aromatic rings. The molecular formula is C11H20N2O4. The summed E-state index contributed by atoms with van der Waals surface area (Å²) in [6.07, 6.45) is 3.04. The van der Waals surface area contributed by atoms with E-state index in [1.165, 1.54) is 0 Å². The third-order valence-corrected chi connectivity index (χ3v) is 3.11. The van der Waals surface area contributed by atoms with Crippen molar-refractivity contribution in [1.29, 1.82) is 0 Å². The Morgan fingerprint density at radius 3 is 2.65 bits per heavy atom. The lowest BCUT2D eigenvalue weighted by atomic mass is 10.0. The van der Waals surface area contributed by atoms with Crippen molar-refractivity contribution >= 4 is 12.0 Å². The molecule has 6 nitrogen and oxygen atoms in total. The first-order valence-electron chi connectivity index (χ1n) is 5.85. The third-order valence-electron chi connectivity index (χ3n) is 3.11. The van der Waals surface area contributed by atoms with Crippen LogP contribution in [0.3, 0.4) is 0 Å². The van der Waals surface area contributed by atoms with Crippen molar-refractivity contribution < 1.29 is 19.8 Å².